The summed E-state index contributed by atoms with van der Waals surface area (Å²) in [7, 11) is 0. The fourth-order valence-electron chi connectivity index (χ4n) is 1.52. The third kappa shape index (κ3) is 3.37. The number of nitrogens with two attached hydrogens (primary N) is 1. The lowest BCUT2D eigenvalue weighted by molar-refractivity contribution is 0.0950. The van der Waals surface area contributed by atoms with Crippen LogP contribution in [0.5, 0.6) is 0 Å². The van der Waals surface area contributed by atoms with Gasteiger partial charge in [-0.15, -0.1) is 0 Å². The van der Waals surface area contributed by atoms with Crippen molar-refractivity contribution in [2.24, 2.45) is 0 Å². The molecule has 104 valence electrons. The number of amides is 1. The van der Waals surface area contributed by atoms with E-state index < -0.39 is 0 Å². The highest BCUT2D eigenvalue weighted by Crippen LogP contribution is 2.29. The van der Waals surface area contributed by atoms with Crippen LogP contribution in [0.15, 0.2) is 24.5 Å². The molecule has 0 aliphatic carbocycles. The monoisotopic (exact) mass is 310 g/mol. The van der Waals surface area contributed by atoms with Gasteiger partial charge in [-0.1, -0.05) is 23.2 Å². The molecule has 0 saturated heterocycles. The van der Waals surface area contributed by atoms with Gasteiger partial charge in [0.05, 0.1) is 39.9 Å². The van der Waals surface area contributed by atoms with Gasteiger partial charge in [0.15, 0.2) is 0 Å². The SMILES string of the molecule is Cc1cnc(CNC(=O)c2cc(N)c(Cl)c(Cl)c2)cn1. The van der Waals surface area contributed by atoms with E-state index in [9.17, 15) is 4.79 Å². The van der Waals surface area contributed by atoms with Crippen molar-refractivity contribution >= 4 is 34.8 Å². The first-order chi connectivity index (χ1) is 9.47. The van der Waals surface area contributed by atoms with Crippen LogP contribution in [0.4, 0.5) is 5.69 Å². The largest absolute Gasteiger partial charge is 0.397 e. The average Bonchev–Trinajstić information content (AvgIpc) is 2.43. The van der Waals surface area contributed by atoms with Crippen LogP contribution in [0.3, 0.4) is 0 Å². The number of benzene rings is 1. The van der Waals surface area contributed by atoms with Crippen LogP contribution in [-0.2, 0) is 6.54 Å². The summed E-state index contributed by atoms with van der Waals surface area (Å²) in [5, 5.41) is 3.20. The van der Waals surface area contributed by atoms with Crippen LogP contribution in [0.25, 0.3) is 0 Å². The van der Waals surface area contributed by atoms with E-state index in [-0.39, 0.29) is 28.2 Å². The Morgan fingerprint density at radius 3 is 2.65 bits per heavy atom. The number of halogens is 2. The second-order valence-corrected chi connectivity index (χ2v) is 4.98. The summed E-state index contributed by atoms with van der Waals surface area (Å²) in [6.45, 7) is 2.11. The number of carbonyl (C=O) groups excluding carboxylic acids is 1. The van der Waals surface area contributed by atoms with Crippen molar-refractivity contribution in [1.29, 1.82) is 0 Å². The molecule has 0 spiro atoms. The van der Waals surface area contributed by atoms with Crippen molar-refractivity contribution in [1.82, 2.24) is 15.3 Å². The fourth-order valence-corrected chi connectivity index (χ4v) is 1.86. The highest BCUT2D eigenvalue weighted by Gasteiger charge is 2.11. The molecule has 3 N–H and O–H groups in total. The summed E-state index contributed by atoms with van der Waals surface area (Å²) in [5.41, 5.74) is 7.75. The lowest BCUT2D eigenvalue weighted by Gasteiger charge is -2.07. The lowest BCUT2D eigenvalue weighted by Crippen LogP contribution is -2.23. The molecule has 0 fully saturated rings. The molecule has 1 aromatic carbocycles. The Balaban J connectivity index is 2.07. The minimum absolute atomic E-state index is 0.243. The molecule has 0 unspecified atom stereocenters. The standard InChI is InChI=1S/C13H12Cl2N4O/c1-7-4-18-9(5-17-7)6-19-13(20)8-2-10(14)12(15)11(16)3-8/h2-5H,6,16H2,1H3,(H,19,20). The molecule has 5 nitrogen and oxygen atoms in total. The predicted octanol–water partition coefficient (Wildman–Crippen LogP) is 2.60. The molecule has 1 aromatic heterocycles. The summed E-state index contributed by atoms with van der Waals surface area (Å²) in [4.78, 5) is 20.2. The van der Waals surface area contributed by atoms with Crippen molar-refractivity contribution in [3.05, 3.63) is 51.5 Å². The van der Waals surface area contributed by atoms with E-state index in [1.54, 1.807) is 12.4 Å². The normalized spacial score (nSPS) is 10.3. The van der Waals surface area contributed by atoms with Gasteiger partial charge in [0.1, 0.15) is 0 Å². The van der Waals surface area contributed by atoms with Gasteiger partial charge in [0, 0.05) is 11.8 Å². The predicted molar refractivity (Wildman–Crippen MR) is 78.8 cm³/mol. The van der Waals surface area contributed by atoms with Gasteiger partial charge in [-0.2, -0.15) is 0 Å². The van der Waals surface area contributed by atoms with Crippen molar-refractivity contribution in [2.75, 3.05) is 5.73 Å². The second kappa shape index (κ2) is 6.07. The van der Waals surface area contributed by atoms with Gasteiger partial charge < -0.3 is 11.1 Å². The minimum Gasteiger partial charge on any atom is -0.397 e. The molecule has 0 atom stereocenters. The molecule has 0 bridgehead atoms. The van der Waals surface area contributed by atoms with Gasteiger partial charge >= 0.3 is 0 Å². The molecule has 1 heterocycles. The molecule has 7 heteroatoms. The molecule has 20 heavy (non-hydrogen) atoms. The van der Waals surface area contributed by atoms with Gasteiger partial charge in [0.25, 0.3) is 5.91 Å². The van der Waals surface area contributed by atoms with E-state index in [0.29, 0.717) is 11.3 Å². The minimum atomic E-state index is -0.308. The molecular weight excluding hydrogens is 299 g/mol. The van der Waals surface area contributed by atoms with Crippen LogP contribution < -0.4 is 11.1 Å². The number of hydrogen-bond acceptors (Lipinski definition) is 4. The summed E-state index contributed by atoms with van der Waals surface area (Å²) in [6.07, 6.45) is 3.25. The van der Waals surface area contributed by atoms with E-state index >= 15 is 0 Å². The first kappa shape index (κ1) is 14.6. The Morgan fingerprint density at radius 1 is 1.30 bits per heavy atom. The lowest BCUT2D eigenvalue weighted by atomic mass is 10.2. The first-order valence-corrected chi connectivity index (χ1v) is 6.53. The van der Waals surface area contributed by atoms with E-state index in [4.69, 9.17) is 28.9 Å². The Labute approximate surface area is 126 Å². The number of rotatable bonds is 3. The number of nitrogen functional groups attached to an aromatic ring is 1. The van der Waals surface area contributed by atoms with Crippen molar-refractivity contribution in [3.8, 4) is 0 Å². The molecule has 0 aliphatic heterocycles. The maximum absolute atomic E-state index is 12.0. The zero-order chi connectivity index (χ0) is 14.7. The molecule has 0 aliphatic rings. The molecule has 0 saturated carbocycles. The number of anilines is 1. The third-order valence-electron chi connectivity index (χ3n) is 2.58. The summed E-state index contributed by atoms with van der Waals surface area (Å²) in [5.74, 6) is -0.308. The zero-order valence-corrected chi connectivity index (χ0v) is 12.2. The number of hydrogen-bond donors (Lipinski definition) is 2. The summed E-state index contributed by atoms with van der Waals surface area (Å²) in [6, 6.07) is 2.95. The van der Waals surface area contributed by atoms with Crippen molar-refractivity contribution < 1.29 is 4.79 Å². The molecule has 1 amide bonds. The van der Waals surface area contributed by atoms with Crippen LogP contribution in [-0.4, -0.2) is 15.9 Å². The van der Waals surface area contributed by atoms with E-state index in [1.165, 1.54) is 12.1 Å². The van der Waals surface area contributed by atoms with E-state index in [1.807, 2.05) is 6.92 Å². The number of nitrogens with one attached hydrogen (secondary N) is 1. The Hall–Kier alpha value is -1.85. The molecule has 2 aromatic rings. The second-order valence-electron chi connectivity index (χ2n) is 4.19. The Bertz CT molecular complexity index is 620. The first-order valence-electron chi connectivity index (χ1n) is 5.77. The number of carbonyl (C=O) groups is 1. The Kier molecular flexibility index (Phi) is 4.42. The zero-order valence-electron chi connectivity index (χ0n) is 10.7. The topological polar surface area (TPSA) is 80.9 Å². The van der Waals surface area contributed by atoms with Crippen molar-refractivity contribution in [3.63, 3.8) is 0 Å². The van der Waals surface area contributed by atoms with Gasteiger partial charge in [0.2, 0.25) is 0 Å². The number of aromatic nitrogens is 2. The quantitative estimate of drug-likeness (QED) is 0.854. The van der Waals surface area contributed by atoms with Crippen LogP contribution in [0.2, 0.25) is 10.0 Å². The van der Waals surface area contributed by atoms with Crippen molar-refractivity contribution in [2.45, 2.75) is 13.5 Å². The van der Waals surface area contributed by atoms with Crippen LogP contribution in [0.1, 0.15) is 21.7 Å². The van der Waals surface area contributed by atoms with E-state index in [0.717, 1.165) is 5.69 Å². The average molecular weight is 311 g/mol. The highest BCUT2D eigenvalue weighted by atomic mass is 35.5. The molecule has 0 radical (unpaired) electrons. The van der Waals surface area contributed by atoms with Gasteiger partial charge in [-0.05, 0) is 19.1 Å². The van der Waals surface area contributed by atoms with Gasteiger partial charge in [-0.3, -0.25) is 14.8 Å². The Morgan fingerprint density at radius 2 is 2.05 bits per heavy atom. The van der Waals surface area contributed by atoms with Crippen LogP contribution in [0, 0.1) is 6.92 Å². The number of nitrogens with zero attached hydrogens (tertiary/aromatic N) is 2. The number of aryl methyl sites for hydroxylation is 1. The highest BCUT2D eigenvalue weighted by molar-refractivity contribution is 6.43. The smallest absolute Gasteiger partial charge is 0.251 e. The maximum Gasteiger partial charge on any atom is 0.251 e. The van der Waals surface area contributed by atoms with Crippen LogP contribution >= 0.6 is 23.2 Å². The summed E-state index contributed by atoms with van der Waals surface area (Å²) < 4.78 is 0. The van der Waals surface area contributed by atoms with Gasteiger partial charge in [-0.25, -0.2) is 0 Å². The molecular formula is C13H12Cl2N4O. The fraction of sp³-hybridized carbons (Fsp3) is 0.154. The maximum atomic E-state index is 12.0. The third-order valence-corrected chi connectivity index (χ3v) is 3.40. The molecule has 2 rings (SSSR count). The summed E-state index contributed by atoms with van der Waals surface area (Å²) >= 11 is 11.7. The van der Waals surface area contributed by atoms with E-state index in [2.05, 4.69) is 15.3 Å².